The van der Waals surface area contributed by atoms with E-state index >= 15 is 0 Å². The first kappa shape index (κ1) is 21.4. The Bertz CT molecular complexity index is 1300. The highest BCUT2D eigenvalue weighted by Gasteiger charge is 2.17. The van der Waals surface area contributed by atoms with Crippen LogP contribution in [0.15, 0.2) is 59.7 Å². The molecule has 0 atom stereocenters. The van der Waals surface area contributed by atoms with Gasteiger partial charge in [0.2, 0.25) is 5.95 Å². The van der Waals surface area contributed by atoms with E-state index < -0.39 is 0 Å². The zero-order valence-corrected chi connectivity index (χ0v) is 18.8. The Morgan fingerprint density at radius 2 is 1.88 bits per heavy atom. The maximum absolute atomic E-state index is 12.5. The molecule has 0 bridgehead atoms. The summed E-state index contributed by atoms with van der Waals surface area (Å²) in [5, 5.41) is 4.45. The van der Waals surface area contributed by atoms with Gasteiger partial charge in [-0.25, -0.2) is 15.2 Å². The van der Waals surface area contributed by atoms with Crippen LogP contribution >= 0.6 is 0 Å². The van der Waals surface area contributed by atoms with Crippen molar-refractivity contribution in [2.75, 3.05) is 12.0 Å². The number of imidazole rings is 1. The van der Waals surface area contributed by atoms with Crippen molar-refractivity contribution in [1.29, 1.82) is 0 Å². The second-order valence-electron chi connectivity index (χ2n) is 7.44. The van der Waals surface area contributed by atoms with Crippen LogP contribution in [0.2, 0.25) is 0 Å². The zero-order valence-electron chi connectivity index (χ0n) is 18.8. The average Bonchev–Trinajstić information content (AvgIpc) is 3.29. The van der Waals surface area contributed by atoms with Crippen LogP contribution in [-0.2, 0) is 11.3 Å². The molecule has 2 aromatic heterocycles. The maximum Gasteiger partial charge on any atom is 0.340 e. The van der Waals surface area contributed by atoms with Crippen LogP contribution < -0.4 is 5.43 Å². The number of hydrogen-bond donors (Lipinski definition) is 1. The van der Waals surface area contributed by atoms with Crippen LogP contribution in [0.3, 0.4) is 0 Å². The van der Waals surface area contributed by atoms with Gasteiger partial charge in [0.1, 0.15) is 0 Å². The van der Waals surface area contributed by atoms with E-state index in [1.54, 1.807) is 19.2 Å². The number of nitrogens with zero attached hydrogens (tertiary/aromatic N) is 4. The van der Waals surface area contributed by atoms with Crippen molar-refractivity contribution in [2.24, 2.45) is 5.10 Å². The monoisotopic (exact) mass is 429 g/mol. The minimum atomic E-state index is -0.328. The second kappa shape index (κ2) is 9.09. The molecule has 0 saturated heterocycles. The molecule has 4 aromatic rings. The van der Waals surface area contributed by atoms with Crippen LogP contribution in [0.5, 0.6) is 0 Å². The van der Waals surface area contributed by atoms with E-state index in [0.29, 0.717) is 18.1 Å². The number of aryl methyl sites for hydroxylation is 2. The Balaban J connectivity index is 1.64. The van der Waals surface area contributed by atoms with Gasteiger partial charge in [0.15, 0.2) is 0 Å². The standard InChI is InChI=1S/C25H27N5O2/c1-5-29-23-14-10-8-12-21(23)27-25(29)28-26-16-19-15-17(3)30(18(19)4)22-13-9-7-11-20(22)24(31)32-6-2/h7-16H,5-6H2,1-4H3,(H,27,28)/b26-16-. The van der Waals surface area contributed by atoms with Gasteiger partial charge in [-0.3, -0.25) is 0 Å². The van der Waals surface area contributed by atoms with Gasteiger partial charge in [-0.15, -0.1) is 0 Å². The Morgan fingerprint density at radius 3 is 2.66 bits per heavy atom. The number of para-hydroxylation sites is 3. The molecule has 2 aromatic carbocycles. The fourth-order valence-electron chi connectivity index (χ4n) is 3.98. The number of anilines is 1. The Labute approximate surface area is 187 Å². The molecule has 1 N–H and O–H groups in total. The van der Waals surface area contributed by atoms with Crippen molar-refractivity contribution in [2.45, 2.75) is 34.2 Å². The quantitative estimate of drug-likeness (QED) is 0.252. The third-order valence-corrected chi connectivity index (χ3v) is 5.45. The average molecular weight is 430 g/mol. The Hall–Kier alpha value is -3.87. The predicted molar refractivity (Wildman–Crippen MR) is 128 cm³/mol. The molecule has 7 heteroatoms. The van der Waals surface area contributed by atoms with E-state index in [-0.39, 0.29) is 5.97 Å². The largest absolute Gasteiger partial charge is 0.462 e. The summed E-state index contributed by atoms with van der Waals surface area (Å²) < 4.78 is 9.38. The number of nitrogens with one attached hydrogen (secondary N) is 1. The zero-order chi connectivity index (χ0) is 22.7. The van der Waals surface area contributed by atoms with E-state index in [1.807, 2.05) is 56.3 Å². The van der Waals surface area contributed by atoms with Gasteiger partial charge in [-0.1, -0.05) is 24.3 Å². The molecule has 164 valence electrons. The molecule has 0 amide bonds. The summed E-state index contributed by atoms with van der Waals surface area (Å²) in [6.45, 7) is 9.03. The van der Waals surface area contributed by atoms with Crippen LogP contribution in [-0.4, -0.2) is 32.9 Å². The van der Waals surface area contributed by atoms with E-state index in [2.05, 4.69) is 37.6 Å². The van der Waals surface area contributed by atoms with Crippen molar-refractivity contribution in [1.82, 2.24) is 14.1 Å². The van der Waals surface area contributed by atoms with Gasteiger partial charge in [0, 0.05) is 23.5 Å². The highest BCUT2D eigenvalue weighted by molar-refractivity contribution is 5.94. The SMILES string of the molecule is CCOC(=O)c1ccccc1-n1c(C)cc(/C=N\Nc2nc3ccccc3n2CC)c1C. The molecule has 0 saturated carbocycles. The second-order valence-corrected chi connectivity index (χ2v) is 7.44. The number of hydrogen-bond acceptors (Lipinski definition) is 5. The van der Waals surface area contributed by atoms with Crippen molar-refractivity contribution in [3.8, 4) is 5.69 Å². The fraction of sp³-hybridized carbons (Fsp3) is 0.240. The molecule has 4 rings (SSSR count). The number of carbonyl (C=O) groups excluding carboxylic acids is 1. The molecule has 7 nitrogen and oxygen atoms in total. The molecule has 2 heterocycles. The summed E-state index contributed by atoms with van der Waals surface area (Å²) in [4.78, 5) is 17.1. The first-order valence-electron chi connectivity index (χ1n) is 10.7. The predicted octanol–water partition coefficient (Wildman–Crippen LogP) is 5.09. The third kappa shape index (κ3) is 3.89. The Kier molecular flexibility index (Phi) is 6.07. The molecular formula is C25H27N5O2. The smallest absolute Gasteiger partial charge is 0.340 e. The van der Waals surface area contributed by atoms with E-state index in [1.165, 1.54) is 0 Å². The highest BCUT2D eigenvalue weighted by Crippen LogP contribution is 2.24. The summed E-state index contributed by atoms with van der Waals surface area (Å²) in [7, 11) is 0. The molecule has 0 aliphatic rings. The number of hydrazone groups is 1. The molecule has 32 heavy (non-hydrogen) atoms. The normalized spacial score (nSPS) is 11.4. The van der Waals surface area contributed by atoms with E-state index in [0.717, 1.165) is 40.2 Å². The summed E-state index contributed by atoms with van der Waals surface area (Å²) in [5.41, 5.74) is 9.35. The van der Waals surface area contributed by atoms with E-state index in [4.69, 9.17) is 4.74 Å². The fourth-order valence-corrected chi connectivity index (χ4v) is 3.98. The molecule has 0 fully saturated rings. The van der Waals surface area contributed by atoms with Crippen LogP contribution in [0, 0.1) is 13.8 Å². The van der Waals surface area contributed by atoms with Crippen molar-refractivity contribution >= 4 is 29.2 Å². The minimum absolute atomic E-state index is 0.328. The van der Waals surface area contributed by atoms with Crippen LogP contribution in [0.1, 0.15) is 41.2 Å². The number of ether oxygens (including phenoxy) is 1. The number of esters is 1. The molecular weight excluding hydrogens is 402 g/mol. The number of benzene rings is 2. The summed E-state index contributed by atoms with van der Waals surface area (Å²) in [6, 6.07) is 17.5. The van der Waals surface area contributed by atoms with Crippen molar-refractivity contribution in [3.05, 3.63) is 77.1 Å². The molecule has 0 radical (unpaired) electrons. The van der Waals surface area contributed by atoms with Crippen molar-refractivity contribution in [3.63, 3.8) is 0 Å². The lowest BCUT2D eigenvalue weighted by Crippen LogP contribution is -2.11. The van der Waals surface area contributed by atoms with Gasteiger partial charge >= 0.3 is 5.97 Å². The van der Waals surface area contributed by atoms with Gasteiger partial charge in [0.05, 0.1) is 35.1 Å². The van der Waals surface area contributed by atoms with Gasteiger partial charge in [-0.2, -0.15) is 5.10 Å². The summed E-state index contributed by atoms with van der Waals surface area (Å²) in [5.74, 6) is 0.373. The first-order valence-corrected chi connectivity index (χ1v) is 10.7. The first-order chi connectivity index (χ1) is 15.5. The molecule has 0 aliphatic heterocycles. The number of carbonyl (C=O) groups is 1. The van der Waals surface area contributed by atoms with Crippen molar-refractivity contribution < 1.29 is 9.53 Å². The highest BCUT2D eigenvalue weighted by atomic mass is 16.5. The lowest BCUT2D eigenvalue weighted by atomic mass is 10.1. The van der Waals surface area contributed by atoms with E-state index in [9.17, 15) is 4.79 Å². The lowest BCUT2D eigenvalue weighted by Gasteiger charge is -2.14. The van der Waals surface area contributed by atoms with Crippen LogP contribution in [0.4, 0.5) is 5.95 Å². The summed E-state index contributed by atoms with van der Waals surface area (Å²) in [6.07, 6.45) is 1.78. The molecule has 0 aliphatic carbocycles. The Morgan fingerprint density at radius 1 is 1.12 bits per heavy atom. The van der Waals surface area contributed by atoms with Gasteiger partial charge in [0.25, 0.3) is 0 Å². The molecule has 0 unspecified atom stereocenters. The number of rotatable bonds is 7. The minimum Gasteiger partial charge on any atom is -0.462 e. The van der Waals surface area contributed by atoms with Crippen LogP contribution in [0.25, 0.3) is 16.7 Å². The lowest BCUT2D eigenvalue weighted by molar-refractivity contribution is 0.0526. The number of fused-ring (bicyclic) bond motifs is 1. The third-order valence-electron chi connectivity index (χ3n) is 5.45. The topological polar surface area (TPSA) is 73.4 Å². The van der Waals surface area contributed by atoms with Gasteiger partial charge in [-0.05, 0) is 58.0 Å². The van der Waals surface area contributed by atoms with Gasteiger partial charge < -0.3 is 13.9 Å². The number of aromatic nitrogens is 3. The molecule has 0 spiro atoms. The maximum atomic E-state index is 12.5. The summed E-state index contributed by atoms with van der Waals surface area (Å²) >= 11 is 0.